The Morgan fingerprint density at radius 3 is 2.57 bits per heavy atom. The fourth-order valence-corrected chi connectivity index (χ4v) is 2.46. The van der Waals surface area contributed by atoms with E-state index in [-0.39, 0.29) is 11.9 Å². The molecule has 0 aliphatic rings. The SMILES string of the molecule is COc1cc(C)cc2c(C)c(C(C)NC(=O)C(C)Cl)oc12. The fraction of sp³-hybridized carbons (Fsp3) is 0.438. The van der Waals surface area contributed by atoms with Gasteiger partial charge in [0, 0.05) is 10.9 Å². The number of benzene rings is 1. The Labute approximate surface area is 129 Å². The van der Waals surface area contributed by atoms with Gasteiger partial charge in [0.1, 0.15) is 11.1 Å². The number of alkyl halides is 1. The fourth-order valence-electron chi connectivity index (χ4n) is 2.40. The lowest BCUT2D eigenvalue weighted by atomic mass is 10.1. The third-order valence-electron chi connectivity index (χ3n) is 3.52. The molecule has 2 atom stereocenters. The predicted molar refractivity (Wildman–Crippen MR) is 84.1 cm³/mol. The molecule has 0 bridgehead atoms. The zero-order chi connectivity index (χ0) is 15.7. The monoisotopic (exact) mass is 309 g/mol. The molecule has 2 unspecified atom stereocenters. The molecular weight excluding hydrogens is 290 g/mol. The topological polar surface area (TPSA) is 51.5 Å². The van der Waals surface area contributed by atoms with Crippen LogP contribution in [0.4, 0.5) is 0 Å². The van der Waals surface area contributed by atoms with E-state index in [0.717, 1.165) is 22.3 Å². The average Bonchev–Trinajstić information content (AvgIpc) is 2.75. The lowest BCUT2D eigenvalue weighted by Crippen LogP contribution is -2.32. The number of carbonyl (C=O) groups is 1. The van der Waals surface area contributed by atoms with E-state index < -0.39 is 5.38 Å². The summed E-state index contributed by atoms with van der Waals surface area (Å²) in [5, 5.41) is 3.27. The van der Waals surface area contributed by atoms with Gasteiger partial charge in [0.05, 0.1) is 13.2 Å². The quantitative estimate of drug-likeness (QED) is 0.872. The van der Waals surface area contributed by atoms with Gasteiger partial charge in [-0.05, 0) is 45.4 Å². The van der Waals surface area contributed by atoms with Crippen molar-refractivity contribution in [1.82, 2.24) is 5.32 Å². The van der Waals surface area contributed by atoms with Gasteiger partial charge in [-0.3, -0.25) is 4.79 Å². The molecule has 1 heterocycles. The number of carbonyl (C=O) groups excluding carboxylic acids is 1. The molecule has 1 amide bonds. The van der Waals surface area contributed by atoms with Gasteiger partial charge in [-0.1, -0.05) is 0 Å². The number of hydrogen-bond donors (Lipinski definition) is 1. The largest absolute Gasteiger partial charge is 0.493 e. The number of rotatable bonds is 4. The minimum absolute atomic E-state index is 0.216. The highest BCUT2D eigenvalue weighted by molar-refractivity contribution is 6.30. The van der Waals surface area contributed by atoms with Gasteiger partial charge in [-0.2, -0.15) is 0 Å². The summed E-state index contributed by atoms with van der Waals surface area (Å²) in [5.74, 6) is 1.20. The van der Waals surface area contributed by atoms with Crippen LogP contribution in [0.5, 0.6) is 5.75 Å². The van der Waals surface area contributed by atoms with Crippen LogP contribution in [-0.4, -0.2) is 18.4 Å². The molecule has 5 heteroatoms. The Hall–Kier alpha value is -1.68. The van der Waals surface area contributed by atoms with Gasteiger partial charge in [0.2, 0.25) is 5.91 Å². The minimum Gasteiger partial charge on any atom is -0.493 e. The van der Waals surface area contributed by atoms with Crippen LogP contribution in [0.3, 0.4) is 0 Å². The molecule has 0 spiro atoms. The van der Waals surface area contributed by atoms with E-state index in [2.05, 4.69) is 11.4 Å². The van der Waals surface area contributed by atoms with Crippen molar-refractivity contribution in [2.75, 3.05) is 7.11 Å². The van der Waals surface area contributed by atoms with E-state index in [9.17, 15) is 4.79 Å². The van der Waals surface area contributed by atoms with Crippen LogP contribution in [0.25, 0.3) is 11.0 Å². The first-order valence-corrected chi connectivity index (χ1v) is 7.30. The summed E-state index contributed by atoms with van der Waals surface area (Å²) < 4.78 is 11.3. The van der Waals surface area contributed by atoms with Gasteiger partial charge in [-0.25, -0.2) is 0 Å². The molecule has 2 rings (SSSR count). The maximum absolute atomic E-state index is 11.7. The van der Waals surface area contributed by atoms with E-state index in [4.69, 9.17) is 20.8 Å². The summed E-state index contributed by atoms with van der Waals surface area (Å²) in [6, 6.07) is 3.73. The van der Waals surface area contributed by atoms with Crippen molar-refractivity contribution < 1.29 is 13.9 Å². The summed E-state index contributed by atoms with van der Waals surface area (Å²) in [4.78, 5) is 11.7. The van der Waals surface area contributed by atoms with Crippen molar-refractivity contribution in [3.05, 3.63) is 29.0 Å². The molecule has 0 aliphatic heterocycles. The molecule has 114 valence electrons. The highest BCUT2D eigenvalue weighted by Crippen LogP contribution is 2.36. The molecule has 4 nitrogen and oxygen atoms in total. The predicted octanol–water partition coefficient (Wildman–Crippen LogP) is 3.86. The van der Waals surface area contributed by atoms with Gasteiger partial charge < -0.3 is 14.5 Å². The summed E-state index contributed by atoms with van der Waals surface area (Å²) >= 11 is 5.78. The van der Waals surface area contributed by atoms with Crippen molar-refractivity contribution in [3.8, 4) is 5.75 Å². The zero-order valence-corrected chi connectivity index (χ0v) is 13.7. The Bertz CT molecular complexity index is 676. The van der Waals surface area contributed by atoms with E-state index in [0.29, 0.717) is 11.3 Å². The normalized spacial score (nSPS) is 14.0. The lowest BCUT2D eigenvalue weighted by molar-refractivity contribution is -0.121. The van der Waals surface area contributed by atoms with Crippen molar-refractivity contribution >= 4 is 28.5 Å². The highest BCUT2D eigenvalue weighted by atomic mass is 35.5. The van der Waals surface area contributed by atoms with Crippen molar-refractivity contribution in [1.29, 1.82) is 0 Å². The third kappa shape index (κ3) is 3.00. The maximum Gasteiger partial charge on any atom is 0.238 e. The molecule has 1 aromatic heterocycles. The summed E-state index contributed by atoms with van der Waals surface area (Å²) in [6.07, 6.45) is 0. The first-order valence-electron chi connectivity index (χ1n) is 6.87. The summed E-state index contributed by atoms with van der Waals surface area (Å²) in [6.45, 7) is 7.50. The Balaban J connectivity index is 2.46. The number of hydrogen-bond acceptors (Lipinski definition) is 3. The van der Waals surface area contributed by atoms with Crippen LogP contribution in [0.15, 0.2) is 16.5 Å². The number of halogens is 1. The molecule has 1 N–H and O–H groups in total. The third-order valence-corrected chi connectivity index (χ3v) is 3.72. The standard InChI is InChI=1S/C16H20ClNO3/c1-8-6-12-9(2)14(11(4)18-16(19)10(3)17)21-15(12)13(7-8)20-5/h6-7,10-11H,1-5H3,(H,18,19). The van der Waals surface area contributed by atoms with Crippen LogP contribution >= 0.6 is 11.6 Å². The van der Waals surface area contributed by atoms with E-state index in [1.165, 1.54) is 0 Å². The second-order valence-electron chi connectivity index (χ2n) is 5.28. The number of nitrogens with one attached hydrogen (secondary N) is 1. The van der Waals surface area contributed by atoms with Gasteiger partial charge >= 0.3 is 0 Å². The zero-order valence-electron chi connectivity index (χ0n) is 12.9. The van der Waals surface area contributed by atoms with E-state index in [1.807, 2.05) is 26.8 Å². The lowest BCUT2D eigenvalue weighted by Gasteiger charge is -2.13. The Kier molecular flexibility index (Phi) is 4.47. The van der Waals surface area contributed by atoms with Crippen LogP contribution in [0.2, 0.25) is 0 Å². The molecular formula is C16H20ClNO3. The van der Waals surface area contributed by atoms with Gasteiger partial charge in [0.25, 0.3) is 0 Å². The molecule has 0 aliphatic carbocycles. The number of aryl methyl sites for hydroxylation is 2. The van der Waals surface area contributed by atoms with Crippen LogP contribution in [0.1, 0.15) is 36.8 Å². The number of methoxy groups -OCH3 is 1. The molecule has 0 radical (unpaired) electrons. The van der Waals surface area contributed by atoms with E-state index in [1.54, 1.807) is 14.0 Å². The van der Waals surface area contributed by atoms with Gasteiger partial charge in [0.15, 0.2) is 11.3 Å². The highest BCUT2D eigenvalue weighted by Gasteiger charge is 2.21. The first kappa shape index (κ1) is 15.7. The van der Waals surface area contributed by atoms with E-state index >= 15 is 0 Å². The second-order valence-corrected chi connectivity index (χ2v) is 5.94. The summed E-state index contributed by atoms with van der Waals surface area (Å²) in [7, 11) is 1.62. The number of fused-ring (bicyclic) bond motifs is 1. The molecule has 0 saturated carbocycles. The molecule has 21 heavy (non-hydrogen) atoms. The Morgan fingerprint density at radius 1 is 1.33 bits per heavy atom. The second kappa shape index (κ2) is 5.98. The van der Waals surface area contributed by atoms with Crippen molar-refractivity contribution in [2.45, 2.75) is 39.1 Å². The number of amides is 1. The average molecular weight is 310 g/mol. The van der Waals surface area contributed by atoms with Crippen molar-refractivity contribution in [3.63, 3.8) is 0 Å². The molecule has 0 saturated heterocycles. The van der Waals surface area contributed by atoms with Gasteiger partial charge in [-0.15, -0.1) is 11.6 Å². The van der Waals surface area contributed by atoms with Crippen LogP contribution in [-0.2, 0) is 4.79 Å². The minimum atomic E-state index is -0.575. The smallest absolute Gasteiger partial charge is 0.238 e. The van der Waals surface area contributed by atoms with Crippen LogP contribution in [0, 0.1) is 13.8 Å². The molecule has 1 aromatic carbocycles. The Morgan fingerprint density at radius 2 is 2.00 bits per heavy atom. The van der Waals surface area contributed by atoms with Crippen molar-refractivity contribution in [2.24, 2.45) is 0 Å². The number of ether oxygens (including phenoxy) is 1. The first-order chi connectivity index (χ1) is 9.85. The molecule has 0 fully saturated rings. The van der Waals surface area contributed by atoms with Crippen LogP contribution < -0.4 is 10.1 Å². The number of furan rings is 1. The molecule has 2 aromatic rings. The summed E-state index contributed by atoms with van der Waals surface area (Å²) in [5.41, 5.74) is 2.80. The maximum atomic E-state index is 11.7.